The number of esters is 4. The van der Waals surface area contributed by atoms with Crippen LogP contribution in [-0.2, 0) is 49.4 Å². The summed E-state index contributed by atoms with van der Waals surface area (Å²) in [7, 11) is 0. The Labute approximate surface area is 223 Å². The van der Waals surface area contributed by atoms with Crippen molar-refractivity contribution < 1.29 is 47.7 Å². The van der Waals surface area contributed by atoms with E-state index in [9.17, 15) is 24.0 Å². The summed E-state index contributed by atoms with van der Waals surface area (Å²) in [6.45, 7) is 5.88. The van der Waals surface area contributed by atoms with E-state index in [0.29, 0.717) is 17.0 Å². The Morgan fingerprint density at radius 3 is 2.21 bits per heavy atom. The van der Waals surface area contributed by atoms with Crippen molar-refractivity contribution in [2.75, 3.05) is 6.61 Å². The van der Waals surface area contributed by atoms with Gasteiger partial charge in [-0.05, 0) is 19.1 Å². The smallest absolute Gasteiger partial charge is 0.303 e. The van der Waals surface area contributed by atoms with Crippen LogP contribution in [0, 0.1) is 6.92 Å². The molecule has 15 nitrogen and oxygen atoms in total. The highest BCUT2D eigenvalue weighted by atomic mass is 16.7. The molecule has 5 atom stereocenters. The predicted molar refractivity (Wildman–Crippen MR) is 127 cm³/mol. The van der Waals surface area contributed by atoms with Crippen molar-refractivity contribution in [3.8, 4) is 0 Å². The molecule has 0 spiro atoms. The number of carbonyl (C=O) groups excluding carboxylic acids is 5. The largest absolute Gasteiger partial charge is 0.463 e. The maximum absolute atomic E-state index is 12.5. The molecule has 1 fully saturated rings. The van der Waals surface area contributed by atoms with Crippen molar-refractivity contribution in [1.82, 2.24) is 25.3 Å². The van der Waals surface area contributed by atoms with Gasteiger partial charge in [-0.2, -0.15) is 0 Å². The van der Waals surface area contributed by atoms with E-state index < -0.39 is 54.5 Å². The highest BCUT2D eigenvalue weighted by Gasteiger charge is 2.53. The Bertz CT molecular complexity index is 1230. The van der Waals surface area contributed by atoms with Crippen molar-refractivity contribution in [2.45, 2.75) is 71.8 Å². The third-order valence-corrected chi connectivity index (χ3v) is 5.47. The predicted octanol–water partition coefficient (Wildman–Crippen LogP) is 0.167. The van der Waals surface area contributed by atoms with Gasteiger partial charge in [-0.1, -0.05) is 5.21 Å². The number of hydrogen-bond donors (Lipinski definition) is 1. The van der Waals surface area contributed by atoms with Crippen LogP contribution < -0.4 is 5.32 Å². The third-order valence-electron chi connectivity index (χ3n) is 5.47. The quantitative estimate of drug-likeness (QED) is 0.331. The molecule has 0 radical (unpaired) electrons. The van der Waals surface area contributed by atoms with Gasteiger partial charge in [-0.25, -0.2) is 4.68 Å². The number of aromatic nitrogens is 4. The second kappa shape index (κ2) is 12.9. The van der Waals surface area contributed by atoms with Gasteiger partial charge in [0.05, 0.1) is 18.3 Å². The number of hydrogen-bond acceptors (Lipinski definition) is 13. The second-order valence-corrected chi connectivity index (χ2v) is 8.60. The lowest BCUT2D eigenvalue weighted by Crippen LogP contribution is -2.60. The number of amides is 1. The van der Waals surface area contributed by atoms with Gasteiger partial charge in [0.25, 0.3) is 5.91 Å². The first-order valence-electron chi connectivity index (χ1n) is 11.9. The number of pyridine rings is 1. The average molecular weight is 548 g/mol. The molecule has 0 unspecified atom stereocenters. The van der Waals surface area contributed by atoms with Crippen LogP contribution in [0.2, 0.25) is 0 Å². The molecule has 3 heterocycles. The Morgan fingerprint density at radius 2 is 1.59 bits per heavy atom. The first-order valence-corrected chi connectivity index (χ1v) is 11.9. The first kappa shape index (κ1) is 29.2. The van der Waals surface area contributed by atoms with Crippen LogP contribution in [0.3, 0.4) is 0 Å². The Morgan fingerprint density at radius 1 is 0.949 bits per heavy atom. The monoisotopic (exact) mass is 547 g/mol. The van der Waals surface area contributed by atoms with Crippen LogP contribution >= 0.6 is 0 Å². The molecule has 0 bridgehead atoms. The van der Waals surface area contributed by atoms with E-state index in [-0.39, 0.29) is 19.1 Å². The molecular formula is C24H29N5O10. The van der Waals surface area contributed by atoms with E-state index in [0.717, 1.165) is 20.8 Å². The molecule has 1 aliphatic rings. The van der Waals surface area contributed by atoms with Crippen LogP contribution in [0.25, 0.3) is 0 Å². The number of rotatable bonds is 9. The van der Waals surface area contributed by atoms with Crippen molar-refractivity contribution in [1.29, 1.82) is 0 Å². The minimum absolute atomic E-state index is 0.0154. The Kier molecular flexibility index (Phi) is 9.65. The lowest BCUT2D eigenvalue weighted by Gasteiger charge is -2.44. The highest BCUT2D eigenvalue weighted by molar-refractivity contribution is 5.95. The van der Waals surface area contributed by atoms with Crippen LogP contribution in [0.15, 0.2) is 24.5 Å². The number of carbonyl (C=O) groups is 5. The lowest BCUT2D eigenvalue weighted by molar-refractivity contribution is -0.270. The molecule has 2 aromatic heterocycles. The maximum atomic E-state index is 12.5. The molecule has 2 aromatic rings. The fourth-order valence-corrected chi connectivity index (χ4v) is 3.93. The van der Waals surface area contributed by atoms with Gasteiger partial charge < -0.3 is 29.0 Å². The van der Waals surface area contributed by atoms with Gasteiger partial charge in [-0.3, -0.25) is 29.0 Å². The van der Waals surface area contributed by atoms with E-state index in [4.69, 9.17) is 23.7 Å². The van der Waals surface area contributed by atoms with Gasteiger partial charge in [-0.15, -0.1) is 5.10 Å². The molecule has 39 heavy (non-hydrogen) atoms. The zero-order valence-electron chi connectivity index (χ0n) is 22.0. The zero-order chi connectivity index (χ0) is 28.7. The summed E-state index contributed by atoms with van der Waals surface area (Å²) < 4.78 is 28.5. The van der Waals surface area contributed by atoms with E-state index in [1.165, 1.54) is 17.8 Å². The maximum Gasteiger partial charge on any atom is 0.303 e. The summed E-state index contributed by atoms with van der Waals surface area (Å²) in [6.07, 6.45) is -3.37. The third kappa shape index (κ3) is 7.80. The minimum Gasteiger partial charge on any atom is -0.463 e. The molecular weight excluding hydrogens is 518 g/mol. The van der Waals surface area contributed by atoms with Gasteiger partial charge in [0, 0.05) is 39.6 Å². The van der Waals surface area contributed by atoms with Gasteiger partial charge in [0.1, 0.15) is 18.4 Å². The van der Waals surface area contributed by atoms with Gasteiger partial charge in [0.15, 0.2) is 24.5 Å². The Balaban J connectivity index is 1.90. The fourth-order valence-electron chi connectivity index (χ4n) is 3.93. The molecule has 210 valence electrons. The normalized spacial score (nSPS) is 22.3. The first-order chi connectivity index (χ1) is 18.5. The van der Waals surface area contributed by atoms with E-state index >= 15 is 0 Å². The van der Waals surface area contributed by atoms with Crippen molar-refractivity contribution in [3.05, 3.63) is 41.5 Å². The summed E-state index contributed by atoms with van der Waals surface area (Å²) in [5, 5.41) is 10.8. The fraction of sp³-hybridized carbons (Fsp3) is 0.500. The molecule has 1 saturated heterocycles. The summed E-state index contributed by atoms with van der Waals surface area (Å²) in [5.41, 5.74) is 1.26. The SMILES string of the molecule is CC(=O)OC[C@H]1O[C@@H](n2cc(CNC(=O)c3cccnc3C)nn2)[C@H](OC(C)=O)[C@@H](OC(C)=O)[C@@H]1OC(C)=O. The van der Waals surface area contributed by atoms with Crippen LogP contribution in [0.4, 0.5) is 0 Å². The topological polar surface area (TPSA) is 187 Å². The summed E-state index contributed by atoms with van der Waals surface area (Å²) >= 11 is 0. The zero-order valence-corrected chi connectivity index (χ0v) is 22.0. The lowest BCUT2D eigenvalue weighted by atomic mass is 9.97. The molecule has 3 rings (SSSR count). The molecule has 0 aromatic carbocycles. The van der Waals surface area contributed by atoms with Crippen LogP contribution in [0.5, 0.6) is 0 Å². The minimum atomic E-state index is -1.35. The second-order valence-electron chi connectivity index (χ2n) is 8.60. The summed E-state index contributed by atoms with van der Waals surface area (Å²) in [4.78, 5) is 63.9. The molecule has 1 aliphatic heterocycles. The van der Waals surface area contributed by atoms with E-state index in [1.54, 1.807) is 25.3 Å². The standard InChI is InChI=1S/C24H29N5O10/c1-12-18(7-6-8-25-12)23(34)26-9-17-10-29(28-27-17)24-22(38-16(5)33)21(37-15(4)32)20(36-14(3)31)19(39-24)11-35-13(2)30/h6-8,10,19-22,24H,9,11H2,1-5H3,(H,26,34)/t19-,20-,21+,22-,24-/m1/s1. The molecule has 1 amide bonds. The molecule has 0 aliphatic carbocycles. The van der Waals surface area contributed by atoms with E-state index in [1.807, 2.05) is 0 Å². The summed E-state index contributed by atoms with van der Waals surface area (Å²) in [6, 6.07) is 3.27. The molecule has 0 saturated carbocycles. The van der Waals surface area contributed by atoms with Crippen molar-refractivity contribution >= 4 is 29.8 Å². The number of nitrogens with one attached hydrogen (secondary N) is 1. The Hall–Kier alpha value is -4.40. The van der Waals surface area contributed by atoms with Gasteiger partial charge >= 0.3 is 23.9 Å². The number of nitrogens with zero attached hydrogens (tertiary/aromatic N) is 4. The average Bonchev–Trinajstić information content (AvgIpc) is 3.32. The van der Waals surface area contributed by atoms with Crippen molar-refractivity contribution in [3.63, 3.8) is 0 Å². The highest BCUT2D eigenvalue weighted by Crippen LogP contribution is 2.34. The number of ether oxygens (including phenoxy) is 5. The number of aryl methyl sites for hydroxylation is 1. The molecule has 15 heteroatoms. The molecule has 1 N–H and O–H groups in total. The van der Waals surface area contributed by atoms with Crippen LogP contribution in [0.1, 0.15) is 55.7 Å². The van der Waals surface area contributed by atoms with Crippen molar-refractivity contribution in [2.24, 2.45) is 0 Å². The van der Waals surface area contributed by atoms with Crippen LogP contribution in [-0.4, -0.2) is 80.8 Å². The van der Waals surface area contributed by atoms with E-state index in [2.05, 4.69) is 20.6 Å². The summed E-state index contributed by atoms with van der Waals surface area (Å²) in [5.74, 6) is -3.25. The van der Waals surface area contributed by atoms with Gasteiger partial charge in [0.2, 0.25) is 0 Å².